The van der Waals surface area contributed by atoms with Gasteiger partial charge in [-0.3, -0.25) is 11.3 Å². The van der Waals surface area contributed by atoms with E-state index in [9.17, 15) is 0 Å². The molecule has 0 amide bonds. The minimum absolute atomic E-state index is 0.202. The first-order valence-electron chi connectivity index (χ1n) is 5.33. The Kier molecular flexibility index (Phi) is 3.72. The van der Waals surface area contributed by atoms with Gasteiger partial charge in [-0.1, -0.05) is 29.8 Å². The molecule has 0 bridgehead atoms. The zero-order valence-corrected chi connectivity index (χ0v) is 10.1. The van der Waals surface area contributed by atoms with E-state index in [1.807, 2.05) is 0 Å². The van der Waals surface area contributed by atoms with Crippen LogP contribution in [0.4, 0.5) is 0 Å². The van der Waals surface area contributed by atoms with Gasteiger partial charge in [0.15, 0.2) is 0 Å². The summed E-state index contributed by atoms with van der Waals surface area (Å²) in [6.07, 6.45) is 0.926. The molecule has 84 valence electrons. The van der Waals surface area contributed by atoms with Gasteiger partial charge < -0.3 is 0 Å². The van der Waals surface area contributed by atoms with Gasteiger partial charge in [0.05, 0.1) is 6.04 Å². The minimum atomic E-state index is 0.202. The Morgan fingerprint density at radius 2 is 2.25 bits per heavy atom. The molecule has 0 saturated heterocycles. The Hall–Kier alpha value is -1.16. The standard InChI is InChI=1S/C13H16N2S/c1-10-3-2-4-11(7-10)8-13(15-14)12-5-6-16-9-12/h2-7,9,13,15H,8,14H2,1H3. The number of aryl methyl sites for hydroxylation is 1. The number of nitrogens with two attached hydrogens (primary N) is 1. The van der Waals surface area contributed by atoms with Crippen molar-refractivity contribution in [2.45, 2.75) is 19.4 Å². The Labute approximate surface area is 100 Å². The molecule has 2 aromatic rings. The molecule has 1 aromatic heterocycles. The summed E-state index contributed by atoms with van der Waals surface area (Å²) in [5, 5.41) is 4.22. The van der Waals surface area contributed by atoms with Crippen molar-refractivity contribution in [2.75, 3.05) is 0 Å². The van der Waals surface area contributed by atoms with Crippen LogP contribution >= 0.6 is 11.3 Å². The van der Waals surface area contributed by atoms with Gasteiger partial charge in [-0.2, -0.15) is 11.3 Å². The molecule has 0 spiro atoms. The fraction of sp³-hybridized carbons (Fsp3) is 0.231. The maximum Gasteiger partial charge on any atom is 0.0508 e. The molecule has 0 aliphatic heterocycles. The van der Waals surface area contributed by atoms with E-state index in [2.05, 4.69) is 53.4 Å². The predicted octanol–water partition coefficient (Wildman–Crippen LogP) is 2.80. The van der Waals surface area contributed by atoms with E-state index in [-0.39, 0.29) is 6.04 Å². The smallest absolute Gasteiger partial charge is 0.0508 e. The quantitative estimate of drug-likeness (QED) is 0.628. The van der Waals surface area contributed by atoms with Crippen molar-refractivity contribution in [3.63, 3.8) is 0 Å². The number of hydrogen-bond acceptors (Lipinski definition) is 3. The fourth-order valence-corrected chi connectivity index (χ4v) is 2.54. The average Bonchev–Trinajstić information content (AvgIpc) is 2.79. The molecule has 3 N–H and O–H groups in total. The molecule has 1 atom stereocenters. The maximum absolute atomic E-state index is 5.60. The Morgan fingerprint density at radius 1 is 1.38 bits per heavy atom. The normalized spacial score (nSPS) is 12.6. The second-order valence-electron chi connectivity index (χ2n) is 3.97. The summed E-state index contributed by atoms with van der Waals surface area (Å²) >= 11 is 1.70. The number of rotatable bonds is 4. The van der Waals surface area contributed by atoms with Crippen molar-refractivity contribution >= 4 is 11.3 Å². The summed E-state index contributed by atoms with van der Waals surface area (Å²) < 4.78 is 0. The first-order valence-corrected chi connectivity index (χ1v) is 6.27. The highest BCUT2D eigenvalue weighted by Gasteiger charge is 2.10. The highest BCUT2D eigenvalue weighted by atomic mass is 32.1. The van der Waals surface area contributed by atoms with Crippen LogP contribution in [-0.2, 0) is 6.42 Å². The molecule has 16 heavy (non-hydrogen) atoms. The third-order valence-electron chi connectivity index (χ3n) is 2.67. The topological polar surface area (TPSA) is 38.0 Å². The summed E-state index contributed by atoms with van der Waals surface area (Å²) in [5.74, 6) is 5.60. The van der Waals surface area contributed by atoms with Crippen molar-refractivity contribution in [3.8, 4) is 0 Å². The van der Waals surface area contributed by atoms with Crippen molar-refractivity contribution in [2.24, 2.45) is 5.84 Å². The molecule has 0 aliphatic rings. The van der Waals surface area contributed by atoms with E-state index in [4.69, 9.17) is 5.84 Å². The number of hydrogen-bond donors (Lipinski definition) is 2. The lowest BCUT2D eigenvalue weighted by molar-refractivity contribution is 0.553. The lowest BCUT2D eigenvalue weighted by Gasteiger charge is -2.14. The van der Waals surface area contributed by atoms with E-state index in [1.165, 1.54) is 16.7 Å². The molecular formula is C13H16N2S. The van der Waals surface area contributed by atoms with Crippen molar-refractivity contribution in [1.82, 2.24) is 5.43 Å². The molecule has 1 aromatic carbocycles. The van der Waals surface area contributed by atoms with Crippen LogP contribution in [0.15, 0.2) is 41.1 Å². The summed E-state index contributed by atoms with van der Waals surface area (Å²) in [6, 6.07) is 10.9. The summed E-state index contributed by atoms with van der Waals surface area (Å²) in [7, 11) is 0. The monoisotopic (exact) mass is 232 g/mol. The molecule has 0 saturated carbocycles. The molecule has 0 radical (unpaired) electrons. The zero-order chi connectivity index (χ0) is 11.4. The van der Waals surface area contributed by atoms with Crippen LogP contribution < -0.4 is 11.3 Å². The van der Waals surface area contributed by atoms with Gasteiger partial charge in [0.1, 0.15) is 0 Å². The minimum Gasteiger partial charge on any atom is -0.271 e. The van der Waals surface area contributed by atoms with Gasteiger partial charge in [0.2, 0.25) is 0 Å². The molecular weight excluding hydrogens is 216 g/mol. The molecule has 0 fully saturated rings. The first kappa shape index (κ1) is 11.3. The molecule has 2 rings (SSSR count). The average molecular weight is 232 g/mol. The Balaban J connectivity index is 2.13. The molecule has 1 heterocycles. The van der Waals surface area contributed by atoms with Crippen LogP contribution in [0, 0.1) is 6.92 Å². The van der Waals surface area contributed by atoms with Crippen molar-refractivity contribution in [3.05, 3.63) is 57.8 Å². The van der Waals surface area contributed by atoms with E-state index in [0.717, 1.165) is 6.42 Å². The maximum atomic E-state index is 5.60. The second-order valence-corrected chi connectivity index (χ2v) is 4.75. The van der Waals surface area contributed by atoms with Crippen LogP contribution in [0.1, 0.15) is 22.7 Å². The SMILES string of the molecule is Cc1cccc(CC(NN)c2ccsc2)c1. The Morgan fingerprint density at radius 3 is 2.88 bits per heavy atom. The summed E-state index contributed by atoms with van der Waals surface area (Å²) in [6.45, 7) is 2.11. The Bertz CT molecular complexity index is 437. The van der Waals surface area contributed by atoms with E-state index >= 15 is 0 Å². The lowest BCUT2D eigenvalue weighted by Crippen LogP contribution is -2.29. The summed E-state index contributed by atoms with van der Waals surface area (Å²) in [4.78, 5) is 0. The predicted molar refractivity (Wildman–Crippen MR) is 69.3 cm³/mol. The van der Waals surface area contributed by atoms with Crippen LogP contribution in [0.3, 0.4) is 0 Å². The van der Waals surface area contributed by atoms with Gasteiger partial charge in [0.25, 0.3) is 0 Å². The third kappa shape index (κ3) is 2.70. The highest BCUT2D eigenvalue weighted by Crippen LogP contribution is 2.20. The van der Waals surface area contributed by atoms with Crippen molar-refractivity contribution in [1.29, 1.82) is 0 Å². The van der Waals surface area contributed by atoms with Crippen molar-refractivity contribution < 1.29 is 0 Å². The van der Waals surface area contributed by atoms with E-state index in [1.54, 1.807) is 11.3 Å². The molecule has 3 heteroatoms. The van der Waals surface area contributed by atoms with Gasteiger partial charge in [0, 0.05) is 0 Å². The zero-order valence-electron chi connectivity index (χ0n) is 9.31. The number of hydrazine groups is 1. The first-order chi connectivity index (χ1) is 7.79. The van der Waals surface area contributed by atoms with Crippen LogP contribution in [0.2, 0.25) is 0 Å². The van der Waals surface area contributed by atoms with Gasteiger partial charge in [-0.25, -0.2) is 0 Å². The number of nitrogens with one attached hydrogen (secondary N) is 1. The van der Waals surface area contributed by atoms with Gasteiger partial charge >= 0.3 is 0 Å². The molecule has 0 aliphatic carbocycles. The van der Waals surface area contributed by atoms with Crippen LogP contribution in [0.5, 0.6) is 0 Å². The van der Waals surface area contributed by atoms with Crippen LogP contribution in [0.25, 0.3) is 0 Å². The third-order valence-corrected chi connectivity index (χ3v) is 3.37. The van der Waals surface area contributed by atoms with Gasteiger partial charge in [-0.05, 0) is 41.3 Å². The number of benzene rings is 1. The largest absolute Gasteiger partial charge is 0.271 e. The summed E-state index contributed by atoms with van der Waals surface area (Å²) in [5.41, 5.74) is 6.74. The fourth-order valence-electron chi connectivity index (χ4n) is 1.82. The number of thiophene rings is 1. The van der Waals surface area contributed by atoms with E-state index < -0.39 is 0 Å². The lowest BCUT2D eigenvalue weighted by atomic mass is 10.0. The highest BCUT2D eigenvalue weighted by molar-refractivity contribution is 7.07. The van der Waals surface area contributed by atoms with E-state index in [0.29, 0.717) is 0 Å². The molecule has 1 unspecified atom stereocenters. The molecule has 2 nitrogen and oxygen atoms in total. The second kappa shape index (κ2) is 5.25. The van der Waals surface area contributed by atoms with Crippen LogP contribution in [-0.4, -0.2) is 0 Å². The van der Waals surface area contributed by atoms with Gasteiger partial charge in [-0.15, -0.1) is 0 Å².